The quantitative estimate of drug-likeness (QED) is 0.567. The van der Waals surface area contributed by atoms with Crippen molar-refractivity contribution in [2.75, 3.05) is 23.7 Å². The SMILES string of the molecule is CCNC(=O)[C@@H](C)N(Cc1c(Cl)cccc1Cl)C(=O)CN(c1ccc(F)cc1)S(C)(=O)=O. The number of anilines is 1. The summed E-state index contributed by atoms with van der Waals surface area (Å²) in [6.07, 6.45) is 0.937. The number of rotatable bonds is 9. The first kappa shape index (κ1) is 25.9. The minimum Gasteiger partial charge on any atom is -0.355 e. The van der Waals surface area contributed by atoms with E-state index in [9.17, 15) is 22.4 Å². The van der Waals surface area contributed by atoms with Crippen LogP contribution in [0.3, 0.4) is 0 Å². The standard InChI is InChI=1S/C21H24Cl2FN3O4S/c1-4-25-21(29)14(2)26(12-17-18(22)6-5-7-19(17)23)20(28)13-27(32(3,30)31)16-10-8-15(24)9-11-16/h5-11,14H,4,12-13H2,1-3H3,(H,25,29)/t14-/m1/s1. The summed E-state index contributed by atoms with van der Waals surface area (Å²) in [5.74, 6) is -1.63. The lowest BCUT2D eigenvalue weighted by Gasteiger charge is -2.31. The third kappa shape index (κ3) is 6.57. The Morgan fingerprint density at radius 1 is 1.09 bits per heavy atom. The van der Waals surface area contributed by atoms with Crippen molar-refractivity contribution in [2.24, 2.45) is 0 Å². The van der Waals surface area contributed by atoms with Crippen LogP contribution in [0.15, 0.2) is 42.5 Å². The monoisotopic (exact) mass is 503 g/mol. The average molecular weight is 504 g/mol. The molecule has 11 heteroatoms. The van der Waals surface area contributed by atoms with Crippen LogP contribution in [0.25, 0.3) is 0 Å². The Balaban J connectivity index is 2.43. The number of nitrogens with zero attached hydrogens (tertiary/aromatic N) is 2. The maximum atomic E-state index is 13.3. The Morgan fingerprint density at radius 3 is 2.16 bits per heavy atom. The summed E-state index contributed by atoms with van der Waals surface area (Å²) in [6, 6.07) is 8.61. The summed E-state index contributed by atoms with van der Waals surface area (Å²) in [7, 11) is -3.89. The summed E-state index contributed by atoms with van der Waals surface area (Å²) < 4.78 is 38.9. The molecule has 2 aromatic carbocycles. The Kier molecular flexibility index (Phi) is 8.89. The summed E-state index contributed by atoms with van der Waals surface area (Å²) in [5.41, 5.74) is 0.539. The van der Waals surface area contributed by atoms with Gasteiger partial charge in [0, 0.05) is 28.7 Å². The molecule has 1 N–H and O–H groups in total. The second-order valence-electron chi connectivity index (χ2n) is 7.04. The van der Waals surface area contributed by atoms with Crippen molar-refractivity contribution < 1.29 is 22.4 Å². The fourth-order valence-electron chi connectivity index (χ4n) is 2.98. The minimum absolute atomic E-state index is 0.114. The van der Waals surface area contributed by atoms with E-state index in [0.29, 0.717) is 22.2 Å². The van der Waals surface area contributed by atoms with Gasteiger partial charge in [-0.3, -0.25) is 13.9 Å². The van der Waals surface area contributed by atoms with E-state index in [1.165, 1.54) is 24.0 Å². The number of nitrogens with one attached hydrogen (secondary N) is 1. The van der Waals surface area contributed by atoms with Gasteiger partial charge < -0.3 is 10.2 Å². The first-order valence-electron chi connectivity index (χ1n) is 9.69. The van der Waals surface area contributed by atoms with Gasteiger partial charge >= 0.3 is 0 Å². The van der Waals surface area contributed by atoms with Crippen LogP contribution in [0.1, 0.15) is 19.4 Å². The number of hydrogen-bond acceptors (Lipinski definition) is 4. The molecule has 0 saturated carbocycles. The number of hydrogen-bond donors (Lipinski definition) is 1. The molecule has 2 aromatic rings. The van der Waals surface area contributed by atoms with Crippen LogP contribution in [0.2, 0.25) is 10.0 Å². The molecule has 7 nitrogen and oxygen atoms in total. The third-order valence-electron chi connectivity index (χ3n) is 4.70. The molecule has 0 saturated heterocycles. The fraction of sp³-hybridized carbons (Fsp3) is 0.333. The number of carbonyl (C=O) groups is 2. The zero-order chi connectivity index (χ0) is 24.1. The normalized spacial score (nSPS) is 12.2. The van der Waals surface area contributed by atoms with Crippen LogP contribution in [0, 0.1) is 5.82 Å². The zero-order valence-corrected chi connectivity index (χ0v) is 20.1. The Labute approximate surface area is 197 Å². The summed E-state index contributed by atoms with van der Waals surface area (Å²) in [6.45, 7) is 2.90. The molecular formula is C21H24Cl2FN3O4S. The number of halogens is 3. The van der Waals surface area contributed by atoms with E-state index < -0.39 is 40.2 Å². The van der Waals surface area contributed by atoms with Gasteiger partial charge in [0.2, 0.25) is 21.8 Å². The van der Waals surface area contributed by atoms with Crippen LogP contribution in [-0.2, 0) is 26.2 Å². The third-order valence-corrected chi connectivity index (χ3v) is 6.55. The van der Waals surface area contributed by atoms with Gasteiger partial charge in [0.25, 0.3) is 0 Å². The van der Waals surface area contributed by atoms with E-state index in [4.69, 9.17) is 23.2 Å². The number of amides is 2. The van der Waals surface area contributed by atoms with E-state index in [-0.39, 0.29) is 12.2 Å². The van der Waals surface area contributed by atoms with Gasteiger partial charge in [-0.2, -0.15) is 0 Å². The molecule has 0 aromatic heterocycles. The molecule has 0 unspecified atom stereocenters. The zero-order valence-electron chi connectivity index (χ0n) is 17.8. The topological polar surface area (TPSA) is 86.8 Å². The molecule has 0 spiro atoms. The predicted molar refractivity (Wildman–Crippen MR) is 124 cm³/mol. The first-order chi connectivity index (χ1) is 15.0. The molecule has 174 valence electrons. The molecule has 2 amide bonds. The van der Waals surface area contributed by atoms with Gasteiger partial charge in [0.05, 0.1) is 11.9 Å². The largest absolute Gasteiger partial charge is 0.355 e. The molecular weight excluding hydrogens is 480 g/mol. The van der Waals surface area contributed by atoms with Crippen molar-refractivity contribution in [1.82, 2.24) is 10.2 Å². The van der Waals surface area contributed by atoms with Gasteiger partial charge in [0.15, 0.2) is 0 Å². The molecule has 1 atom stereocenters. The summed E-state index contributed by atoms with van der Waals surface area (Å²) in [4.78, 5) is 27.0. The smallest absolute Gasteiger partial charge is 0.244 e. The number of carbonyl (C=O) groups excluding carboxylic acids is 2. The number of likely N-dealkylation sites (N-methyl/N-ethyl adjacent to an activating group) is 1. The number of sulfonamides is 1. The molecule has 2 rings (SSSR count). The highest BCUT2D eigenvalue weighted by molar-refractivity contribution is 7.92. The van der Waals surface area contributed by atoms with Gasteiger partial charge in [-0.1, -0.05) is 29.3 Å². The second kappa shape index (κ2) is 11.0. The van der Waals surface area contributed by atoms with Crippen molar-refractivity contribution in [3.05, 3.63) is 63.9 Å². The average Bonchev–Trinajstić information content (AvgIpc) is 2.71. The number of benzene rings is 2. The maximum absolute atomic E-state index is 13.3. The maximum Gasteiger partial charge on any atom is 0.244 e. The van der Waals surface area contributed by atoms with E-state index in [2.05, 4.69) is 5.32 Å². The Hall–Kier alpha value is -2.36. The van der Waals surface area contributed by atoms with Crippen LogP contribution in [-0.4, -0.2) is 50.5 Å². The lowest BCUT2D eigenvalue weighted by atomic mass is 10.1. The highest BCUT2D eigenvalue weighted by Crippen LogP contribution is 2.27. The minimum atomic E-state index is -3.89. The van der Waals surface area contributed by atoms with E-state index in [0.717, 1.165) is 22.7 Å². The molecule has 0 fully saturated rings. The molecule has 0 heterocycles. The molecule has 0 aliphatic heterocycles. The molecule has 0 radical (unpaired) electrons. The fourth-order valence-corrected chi connectivity index (χ4v) is 4.35. The Bertz CT molecular complexity index is 1060. The molecule has 0 aliphatic rings. The van der Waals surface area contributed by atoms with Gasteiger partial charge in [-0.25, -0.2) is 12.8 Å². The van der Waals surface area contributed by atoms with Crippen LogP contribution in [0.4, 0.5) is 10.1 Å². The summed E-state index contributed by atoms with van der Waals surface area (Å²) >= 11 is 12.5. The van der Waals surface area contributed by atoms with Crippen molar-refractivity contribution in [3.8, 4) is 0 Å². The lowest BCUT2D eigenvalue weighted by molar-refractivity contribution is -0.139. The second-order valence-corrected chi connectivity index (χ2v) is 9.76. The highest BCUT2D eigenvalue weighted by atomic mass is 35.5. The van der Waals surface area contributed by atoms with Gasteiger partial charge in [0.1, 0.15) is 18.4 Å². The first-order valence-corrected chi connectivity index (χ1v) is 12.3. The van der Waals surface area contributed by atoms with Crippen LogP contribution >= 0.6 is 23.2 Å². The van der Waals surface area contributed by atoms with Crippen molar-refractivity contribution in [3.63, 3.8) is 0 Å². The molecule has 0 aliphatic carbocycles. The summed E-state index contributed by atoms with van der Waals surface area (Å²) in [5, 5.41) is 3.25. The molecule has 0 bridgehead atoms. The van der Waals surface area contributed by atoms with Crippen molar-refractivity contribution in [1.29, 1.82) is 0 Å². The Morgan fingerprint density at radius 2 is 1.66 bits per heavy atom. The lowest BCUT2D eigenvalue weighted by Crippen LogP contribution is -2.51. The van der Waals surface area contributed by atoms with Gasteiger partial charge in [-0.05, 0) is 50.2 Å². The van der Waals surface area contributed by atoms with Crippen molar-refractivity contribution >= 4 is 50.7 Å². The van der Waals surface area contributed by atoms with E-state index in [1.807, 2.05) is 0 Å². The van der Waals surface area contributed by atoms with E-state index in [1.54, 1.807) is 25.1 Å². The van der Waals surface area contributed by atoms with Crippen molar-refractivity contribution in [2.45, 2.75) is 26.4 Å². The van der Waals surface area contributed by atoms with Gasteiger partial charge in [-0.15, -0.1) is 0 Å². The van der Waals surface area contributed by atoms with Crippen LogP contribution in [0.5, 0.6) is 0 Å². The van der Waals surface area contributed by atoms with Crippen LogP contribution < -0.4 is 9.62 Å². The van der Waals surface area contributed by atoms with E-state index >= 15 is 0 Å². The highest BCUT2D eigenvalue weighted by Gasteiger charge is 2.30. The molecule has 32 heavy (non-hydrogen) atoms. The predicted octanol–water partition coefficient (Wildman–Crippen LogP) is 3.45.